The van der Waals surface area contributed by atoms with E-state index < -0.39 is 0 Å². The van der Waals surface area contributed by atoms with E-state index in [9.17, 15) is 0 Å². The Kier molecular flexibility index (Phi) is 3.22. The van der Waals surface area contributed by atoms with Crippen molar-refractivity contribution in [1.29, 1.82) is 0 Å². The molecule has 0 aromatic carbocycles. The third-order valence-corrected chi connectivity index (χ3v) is 1.57. The number of hydrogen-bond donors (Lipinski definition) is 0. The minimum absolute atomic E-state index is 0.466. The van der Waals surface area contributed by atoms with Crippen LogP contribution in [0.15, 0.2) is 5.16 Å². The molecule has 0 saturated carbocycles. The first kappa shape index (κ1) is 7.54. The molecule has 0 radical (unpaired) electrons. The van der Waals surface area contributed by atoms with Gasteiger partial charge in [-0.1, -0.05) is 5.16 Å². The van der Waals surface area contributed by atoms with Crippen molar-refractivity contribution in [2.24, 2.45) is 11.1 Å². The summed E-state index contributed by atoms with van der Waals surface area (Å²) in [6.07, 6.45) is 4.13. The highest BCUT2D eigenvalue weighted by Gasteiger charge is 2.10. The Balaban J connectivity index is 2.19. The molecule has 1 unspecified atom stereocenters. The van der Waals surface area contributed by atoms with E-state index in [-0.39, 0.29) is 0 Å². The molecule has 0 spiro atoms. The SMILES string of the molecule is CO/N=C/C1CCCOC1. The largest absolute Gasteiger partial charge is 0.399 e. The number of ether oxygens (including phenoxy) is 1. The second kappa shape index (κ2) is 4.28. The van der Waals surface area contributed by atoms with Crippen molar-refractivity contribution in [3.63, 3.8) is 0 Å². The van der Waals surface area contributed by atoms with Crippen molar-refractivity contribution in [2.45, 2.75) is 12.8 Å². The van der Waals surface area contributed by atoms with E-state index in [1.165, 1.54) is 6.42 Å². The van der Waals surface area contributed by atoms with E-state index in [0.717, 1.165) is 19.6 Å². The van der Waals surface area contributed by atoms with Crippen LogP contribution in [0, 0.1) is 5.92 Å². The number of hydrogen-bond acceptors (Lipinski definition) is 3. The summed E-state index contributed by atoms with van der Waals surface area (Å²) in [7, 11) is 1.56. The second-order valence-electron chi connectivity index (χ2n) is 2.41. The molecule has 0 N–H and O–H groups in total. The number of oxime groups is 1. The molecule has 1 saturated heterocycles. The summed E-state index contributed by atoms with van der Waals surface area (Å²) < 4.78 is 5.23. The molecule has 0 amide bonds. The summed E-state index contributed by atoms with van der Waals surface area (Å²) >= 11 is 0. The monoisotopic (exact) mass is 143 g/mol. The van der Waals surface area contributed by atoms with Crippen LogP contribution in [0.3, 0.4) is 0 Å². The third kappa shape index (κ3) is 2.35. The van der Waals surface area contributed by atoms with Gasteiger partial charge >= 0.3 is 0 Å². The fourth-order valence-corrected chi connectivity index (χ4v) is 1.03. The van der Waals surface area contributed by atoms with Crippen molar-refractivity contribution >= 4 is 6.21 Å². The molecule has 0 bridgehead atoms. The van der Waals surface area contributed by atoms with Crippen LogP contribution >= 0.6 is 0 Å². The number of rotatable bonds is 2. The summed E-state index contributed by atoms with van der Waals surface area (Å²) in [5.74, 6) is 0.466. The maximum absolute atomic E-state index is 5.23. The van der Waals surface area contributed by atoms with Gasteiger partial charge in [0, 0.05) is 18.7 Å². The molecule has 3 heteroatoms. The van der Waals surface area contributed by atoms with Crippen LogP contribution in [-0.4, -0.2) is 26.5 Å². The summed E-state index contributed by atoms with van der Waals surface area (Å²) in [5.41, 5.74) is 0. The first-order valence-electron chi connectivity index (χ1n) is 3.58. The van der Waals surface area contributed by atoms with E-state index >= 15 is 0 Å². The van der Waals surface area contributed by atoms with Crippen molar-refractivity contribution < 1.29 is 9.57 Å². The summed E-state index contributed by atoms with van der Waals surface area (Å²) in [4.78, 5) is 4.56. The topological polar surface area (TPSA) is 30.8 Å². The van der Waals surface area contributed by atoms with Gasteiger partial charge < -0.3 is 9.57 Å². The smallest absolute Gasteiger partial charge is 0.106 e. The van der Waals surface area contributed by atoms with Crippen molar-refractivity contribution in [3.8, 4) is 0 Å². The van der Waals surface area contributed by atoms with E-state index in [0.29, 0.717) is 5.92 Å². The van der Waals surface area contributed by atoms with Gasteiger partial charge in [0.05, 0.1) is 6.61 Å². The van der Waals surface area contributed by atoms with Gasteiger partial charge in [0.1, 0.15) is 7.11 Å². The zero-order chi connectivity index (χ0) is 7.23. The molecule has 10 heavy (non-hydrogen) atoms. The highest BCUT2D eigenvalue weighted by molar-refractivity contribution is 5.60. The molecular formula is C7H13NO2. The molecule has 1 fully saturated rings. The molecule has 1 heterocycles. The fraction of sp³-hybridized carbons (Fsp3) is 0.857. The highest BCUT2D eigenvalue weighted by atomic mass is 16.6. The quantitative estimate of drug-likeness (QED) is 0.427. The second-order valence-corrected chi connectivity index (χ2v) is 2.41. The lowest BCUT2D eigenvalue weighted by Gasteiger charge is -2.17. The molecule has 58 valence electrons. The van der Waals surface area contributed by atoms with Gasteiger partial charge in [-0.15, -0.1) is 0 Å². The molecule has 1 aliphatic rings. The standard InChI is InChI=1S/C7H13NO2/c1-9-8-5-7-3-2-4-10-6-7/h5,7H,2-4,6H2,1H3/b8-5+. The van der Waals surface area contributed by atoms with Crippen LogP contribution in [0.25, 0.3) is 0 Å². The minimum Gasteiger partial charge on any atom is -0.399 e. The van der Waals surface area contributed by atoms with Crippen molar-refractivity contribution in [2.75, 3.05) is 20.3 Å². The lowest BCUT2D eigenvalue weighted by atomic mass is 10.0. The molecular weight excluding hydrogens is 130 g/mol. The van der Waals surface area contributed by atoms with Crippen LogP contribution in [-0.2, 0) is 9.57 Å². The van der Waals surface area contributed by atoms with Crippen LogP contribution in [0.2, 0.25) is 0 Å². The van der Waals surface area contributed by atoms with E-state index in [4.69, 9.17) is 4.74 Å². The van der Waals surface area contributed by atoms with Gasteiger partial charge in [0.25, 0.3) is 0 Å². The van der Waals surface area contributed by atoms with Gasteiger partial charge in [-0.25, -0.2) is 0 Å². The maximum Gasteiger partial charge on any atom is 0.106 e. The third-order valence-electron chi connectivity index (χ3n) is 1.57. The van der Waals surface area contributed by atoms with Crippen LogP contribution in [0.5, 0.6) is 0 Å². The summed E-state index contributed by atoms with van der Waals surface area (Å²) in [6, 6.07) is 0. The van der Waals surface area contributed by atoms with Gasteiger partial charge in [-0.05, 0) is 12.8 Å². The predicted molar refractivity (Wildman–Crippen MR) is 39.0 cm³/mol. The average molecular weight is 143 g/mol. The van der Waals surface area contributed by atoms with Crippen molar-refractivity contribution in [3.05, 3.63) is 0 Å². The van der Waals surface area contributed by atoms with Gasteiger partial charge in [-0.3, -0.25) is 0 Å². The molecule has 1 aliphatic heterocycles. The molecule has 1 atom stereocenters. The molecule has 1 rings (SSSR count). The lowest BCUT2D eigenvalue weighted by Crippen LogP contribution is -2.18. The van der Waals surface area contributed by atoms with Crippen LogP contribution in [0.4, 0.5) is 0 Å². The van der Waals surface area contributed by atoms with Gasteiger partial charge in [-0.2, -0.15) is 0 Å². The summed E-state index contributed by atoms with van der Waals surface area (Å²) in [5, 5.41) is 3.69. The minimum atomic E-state index is 0.466. The van der Waals surface area contributed by atoms with E-state index in [2.05, 4.69) is 9.99 Å². The first-order valence-corrected chi connectivity index (χ1v) is 3.58. The van der Waals surface area contributed by atoms with Crippen LogP contribution < -0.4 is 0 Å². The average Bonchev–Trinajstić information content (AvgIpc) is 2.03. The summed E-state index contributed by atoms with van der Waals surface area (Å²) in [6.45, 7) is 1.70. The van der Waals surface area contributed by atoms with Crippen molar-refractivity contribution in [1.82, 2.24) is 0 Å². The Labute approximate surface area is 61.0 Å². The highest BCUT2D eigenvalue weighted by Crippen LogP contribution is 2.10. The molecule has 0 aliphatic carbocycles. The maximum atomic E-state index is 5.23. The zero-order valence-electron chi connectivity index (χ0n) is 6.25. The Morgan fingerprint density at radius 1 is 1.70 bits per heavy atom. The van der Waals surface area contributed by atoms with Gasteiger partial charge in [0.2, 0.25) is 0 Å². The molecule has 0 aromatic heterocycles. The first-order chi connectivity index (χ1) is 4.93. The molecule has 0 aromatic rings. The predicted octanol–water partition coefficient (Wildman–Crippen LogP) is 1.05. The number of nitrogens with zero attached hydrogens (tertiary/aromatic N) is 1. The Bertz CT molecular complexity index is 108. The van der Waals surface area contributed by atoms with Crippen LogP contribution in [0.1, 0.15) is 12.8 Å². The lowest BCUT2D eigenvalue weighted by molar-refractivity contribution is 0.0768. The fourth-order valence-electron chi connectivity index (χ4n) is 1.03. The Hall–Kier alpha value is -0.570. The Morgan fingerprint density at radius 2 is 2.60 bits per heavy atom. The molecule has 3 nitrogen and oxygen atoms in total. The van der Waals surface area contributed by atoms with E-state index in [1.54, 1.807) is 7.11 Å². The normalized spacial score (nSPS) is 27.1. The van der Waals surface area contributed by atoms with E-state index in [1.807, 2.05) is 6.21 Å². The zero-order valence-corrected chi connectivity index (χ0v) is 6.25. The van der Waals surface area contributed by atoms with Gasteiger partial charge in [0.15, 0.2) is 0 Å². The Morgan fingerprint density at radius 3 is 3.20 bits per heavy atom.